The van der Waals surface area contributed by atoms with Crippen LogP contribution in [0.2, 0.25) is 0 Å². The fourth-order valence-electron chi connectivity index (χ4n) is 4.05. The van der Waals surface area contributed by atoms with Crippen molar-refractivity contribution in [3.8, 4) is 11.1 Å². The van der Waals surface area contributed by atoms with Crippen LogP contribution in [0.3, 0.4) is 0 Å². The molecule has 2 fully saturated rings. The van der Waals surface area contributed by atoms with E-state index >= 15 is 0 Å². The molecule has 2 heterocycles. The number of amides is 1. The maximum Gasteiger partial charge on any atom is 0.227 e. The van der Waals surface area contributed by atoms with Crippen LogP contribution < -0.4 is 5.32 Å². The highest BCUT2D eigenvalue weighted by molar-refractivity contribution is 5.79. The molecule has 0 bridgehead atoms. The highest BCUT2D eigenvalue weighted by Gasteiger charge is 2.30. The van der Waals surface area contributed by atoms with E-state index < -0.39 is 0 Å². The highest BCUT2D eigenvalue weighted by Crippen LogP contribution is 2.21. The molecule has 0 spiro atoms. The molecule has 1 N–H and O–H groups in total. The van der Waals surface area contributed by atoms with Crippen LogP contribution in [0.1, 0.15) is 12.0 Å². The normalized spacial score (nSPS) is 21.1. The van der Waals surface area contributed by atoms with Gasteiger partial charge in [-0.15, -0.1) is 0 Å². The quantitative estimate of drug-likeness (QED) is 0.921. The SMILES string of the molecule is O=C(Cc1ccc(-c2ccccc2)cc1)N1CCC(N2CCNCC2)C1. The minimum atomic E-state index is 0.259. The van der Waals surface area contributed by atoms with Crippen LogP contribution in [0.15, 0.2) is 54.6 Å². The van der Waals surface area contributed by atoms with E-state index in [4.69, 9.17) is 0 Å². The maximum absolute atomic E-state index is 12.7. The van der Waals surface area contributed by atoms with Crippen molar-refractivity contribution in [1.82, 2.24) is 15.1 Å². The van der Waals surface area contributed by atoms with E-state index in [1.165, 1.54) is 11.1 Å². The Bertz CT molecular complexity index is 723. The third-order valence-electron chi connectivity index (χ3n) is 5.60. The van der Waals surface area contributed by atoms with E-state index in [2.05, 4.69) is 63.6 Å². The zero-order valence-corrected chi connectivity index (χ0v) is 15.2. The Morgan fingerprint density at radius 1 is 0.923 bits per heavy atom. The third-order valence-corrected chi connectivity index (χ3v) is 5.60. The van der Waals surface area contributed by atoms with Gasteiger partial charge in [0, 0.05) is 45.3 Å². The number of hydrogen-bond acceptors (Lipinski definition) is 3. The molecule has 0 aromatic heterocycles. The Morgan fingerprint density at radius 2 is 1.62 bits per heavy atom. The van der Waals surface area contributed by atoms with E-state index in [1.54, 1.807) is 0 Å². The number of hydrogen-bond donors (Lipinski definition) is 1. The fourth-order valence-corrected chi connectivity index (χ4v) is 4.05. The van der Waals surface area contributed by atoms with E-state index in [0.717, 1.165) is 51.3 Å². The van der Waals surface area contributed by atoms with Crippen molar-refractivity contribution in [2.75, 3.05) is 39.3 Å². The Kier molecular flexibility index (Phi) is 5.32. The first-order valence-corrected chi connectivity index (χ1v) is 9.66. The second-order valence-corrected chi connectivity index (χ2v) is 7.31. The van der Waals surface area contributed by atoms with Crippen LogP contribution >= 0.6 is 0 Å². The summed E-state index contributed by atoms with van der Waals surface area (Å²) < 4.78 is 0. The van der Waals surface area contributed by atoms with Gasteiger partial charge in [0.25, 0.3) is 0 Å². The smallest absolute Gasteiger partial charge is 0.227 e. The highest BCUT2D eigenvalue weighted by atomic mass is 16.2. The second-order valence-electron chi connectivity index (χ2n) is 7.31. The number of nitrogens with zero attached hydrogens (tertiary/aromatic N) is 2. The number of likely N-dealkylation sites (tertiary alicyclic amines) is 1. The fraction of sp³-hybridized carbons (Fsp3) is 0.409. The summed E-state index contributed by atoms with van der Waals surface area (Å²) in [5.74, 6) is 0.259. The molecule has 1 unspecified atom stereocenters. The monoisotopic (exact) mass is 349 g/mol. The molecule has 1 atom stereocenters. The van der Waals surface area contributed by atoms with Gasteiger partial charge in [-0.1, -0.05) is 54.6 Å². The summed E-state index contributed by atoms with van der Waals surface area (Å²) in [5, 5.41) is 3.40. The van der Waals surface area contributed by atoms with Crippen molar-refractivity contribution < 1.29 is 4.79 Å². The van der Waals surface area contributed by atoms with Gasteiger partial charge in [0.2, 0.25) is 5.91 Å². The number of carbonyl (C=O) groups is 1. The van der Waals surface area contributed by atoms with E-state index in [-0.39, 0.29) is 5.91 Å². The van der Waals surface area contributed by atoms with Crippen molar-refractivity contribution in [2.45, 2.75) is 18.9 Å². The molecule has 2 aliphatic heterocycles. The predicted octanol–water partition coefficient (Wildman–Crippen LogP) is 2.40. The van der Waals surface area contributed by atoms with E-state index in [9.17, 15) is 4.79 Å². The lowest BCUT2D eigenvalue weighted by Crippen LogP contribution is -2.49. The first kappa shape index (κ1) is 17.3. The maximum atomic E-state index is 12.7. The van der Waals surface area contributed by atoms with E-state index in [0.29, 0.717) is 12.5 Å². The molecule has 0 aliphatic carbocycles. The van der Waals surface area contributed by atoms with Gasteiger partial charge in [-0.2, -0.15) is 0 Å². The summed E-state index contributed by atoms with van der Waals surface area (Å²) in [5.41, 5.74) is 3.51. The van der Waals surface area contributed by atoms with Crippen molar-refractivity contribution in [3.63, 3.8) is 0 Å². The molecule has 0 radical (unpaired) electrons. The van der Waals surface area contributed by atoms with Gasteiger partial charge in [-0.3, -0.25) is 9.69 Å². The van der Waals surface area contributed by atoms with Gasteiger partial charge in [0.15, 0.2) is 0 Å². The summed E-state index contributed by atoms with van der Waals surface area (Å²) in [6, 6.07) is 19.3. The second kappa shape index (κ2) is 8.02. The van der Waals surface area contributed by atoms with Crippen LogP contribution in [-0.4, -0.2) is 61.0 Å². The Morgan fingerprint density at radius 3 is 2.35 bits per heavy atom. The first-order valence-electron chi connectivity index (χ1n) is 9.66. The summed E-state index contributed by atoms with van der Waals surface area (Å²) in [4.78, 5) is 17.3. The standard InChI is InChI=1S/C22H27N3O/c26-22(25-13-10-21(17-25)24-14-11-23-12-15-24)16-18-6-8-20(9-7-18)19-4-2-1-3-5-19/h1-9,21,23H,10-17H2. The van der Waals surface area contributed by atoms with Crippen LogP contribution in [0.4, 0.5) is 0 Å². The zero-order chi connectivity index (χ0) is 17.8. The Hall–Kier alpha value is -2.17. The topological polar surface area (TPSA) is 35.6 Å². The van der Waals surface area contributed by atoms with Crippen LogP contribution in [0.5, 0.6) is 0 Å². The molecule has 0 saturated carbocycles. The largest absolute Gasteiger partial charge is 0.341 e. The Balaban J connectivity index is 1.33. The number of nitrogens with one attached hydrogen (secondary N) is 1. The Labute approximate surface area is 155 Å². The van der Waals surface area contributed by atoms with Crippen molar-refractivity contribution in [3.05, 3.63) is 60.2 Å². The number of rotatable bonds is 4. The minimum absolute atomic E-state index is 0.259. The van der Waals surface area contributed by atoms with Gasteiger partial charge in [-0.05, 0) is 23.1 Å². The average Bonchev–Trinajstić information content (AvgIpc) is 3.20. The molecule has 4 nitrogen and oxygen atoms in total. The third kappa shape index (κ3) is 3.97. The van der Waals surface area contributed by atoms with Crippen LogP contribution in [0.25, 0.3) is 11.1 Å². The van der Waals surface area contributed by atoms with Crippen molar-refractivity contribution in [1.29, 1.82) is 0 Å². The molecule has 2 aliphatic rings. The lowest BCUT2D eigenvalue weighted by Gasteiger charge is -2.32. The molecule has 2 aromatic carbocycles. The summed E-state index contributed by atoms with van der Waals surface area (Å²) in [6.45, 7) is 6.13. The molecule has 4 rings (SSSR count). The van der Waals surface area contributed by atoms with E-state index in [1.807, 2.05) is 6.07 Å². The summed E-state index contributed by atoms with van der Waals surface area (Å²) >= 11 is 0. The van der Waals surface area contributed by atoms with Gasteiger partial charge >= 0.3 is 0 Å². The number of benzene rings is 2. The summed E-state index contributed by atoms with van der Waals surface area (Å²) in [6.07, 6.45) is 1.61. The molecule has 4 heteroatoms. The lowest BCUT2D eigenvalue weighted by molar-refractivity contribution is -0.129. The molecule has 2 aromatic rings. The molecular weight excluding hydrogens is 322 g/mol. The first-order chi connectivity index (χ1) is 12.8. The molecule has 1 amide bonds. The molecular formula is C22H27N3O. The predicted molar refractivity (Wildman–Crippen MR) is 105 cm³/mol. The van der Waals surface area contributed by atoms with Crippen LogP contribution in [-0.2, 0) is 11.2 Å². The van der Waals surface area contributed by atoms with Gasteiger partial charge in [0.05, 0.1) is 6.42 Å². The number of piperazine rings is 1. The number of carbonyl (C=O) groups excluding carboxylic acids is 1. The van der Waals surface area contributed by atoms with Gasteiger partial charge in [-0.25, -0.2) is 0 Å². The van der Waals surface area contributed by atoms with Crippen molar-refractivity contribution in [2.24, 2.45) is 0 Å². The molecule has 2 saturated heterocycles. The zero-order valence-electron chi connectivity index (χ0n) is 15.2. The molecule has 136 valence electrons. The summed E-state index contributed by atoms with van der Waals surface area (Å²) in [7, 11) is 0. The molecule has 26 heavy (non-hydrogen) atoms. The van der Waals surface area contributed by atoms with Gasteiger partial charge < -0.3 is 10.2 Å². The minimum Gasteiger partial charge on any atom is -0.341 e. The van der Waals surface area contributed by atoms with Gasteiger partial charge in [0.1, 0.15) is 0 Å². The van der Waals surface area contributed by atoms with Crippen molar-refractivity contribution >= 4 is 5.91 Å². The average molecular weight is 349 g/mol. The lowest BCUT2D eigenvalue weighted by atomic mass is 10.0. The van der Waals surface area contributed by atoms with Crippen LogP contribution in [0, 0.1) is 0 Å².